The number of para-hydroxylation sites is 1. The molecule has 1 aliphatic rings. The fourth-order valence-corrected chi connectivity index (χ4v) is 3.10. The summed E-state index contributed by atoms with van der Waals surface area (Å²) in [5.41, 5.74) is 1.27. The molecule has 0 saturated carbocycles. The summed E-state index contributed by atoms with van der Waals surface area (Å²) in [5.74, 6) is -0.386. The van der Waals surface area contributed by atoms with Crippen molar-refractivity contribution in [1.82, 2.24) is 4.90 Å². The van der Waals surface area contributed by atoms with Crippen molar-refractivity contribution in [3.63, 3.8) is 0 Å². The first-order chi connectivity index (χ1) is 11.8. The van der Waals surface area contributed by atoms with E-state index in [2.05, 4.69) is 4.90 Å². The predicted molar refractivity (Wildman–Crippen MR) is 90.5 cm³/mol. The van der Waals surface area contributed by atoms with E-state index in [9.17, 15) is 18.0 Å². The highest BCUT2D eigenvalue weighted by molar-refractivity contribution is 5.94. The van der Waals surface area contributed by atoms with Gasteiger partial charge in [0.05, 0.1) is 5.56 Å². The van der Waals surface area contributed by atoms with Gasteiger partial charge in [0.1, 0.15) is 0 Å². The standard InChI is InChI=1S/C19H19F3N2O/c1-13-11-24(12-15-6-3-4-9-17(15)23(13)2)18(25)14-7-5-8-16(10-14)19(20,21)22/h3-10,13H,11-12H2,1-2H3. The van der Waals surface area contributed by atoms with Gasteiger partial charge in [-0.2, -0.15) is 13.2 Å². The first-order valence-electron chi connectivity index (χ1n) is 8.04. The Morgan fingerprint density at radius 2 is 1.84 bits per heavy atom. The third-order valence-electron chi connectivity index (χ3n) is 4.60. The first-order valence-corrected chi connectivity index (χ1v) is 8.04. The lowest BCUT2D eigenvalue weighted by Crippen LogP contribution is -2.40. The fraction of sp³-hybridized carbons (Fsp3) is 0.316. The van der Waals surface area contributed by atoms with Gasteiger partial charge in [-0.05, 0) is 36.8 Å². The monoisotopic (exact) mass is 348 g/mol. The number of fused-ring (bicyclic) bond motifs is 1. The molecule has 0 N–H and O–H groups in total. The lowest BCUT2D eigenvalue weighted by molar-refractivity contribution is -0.137. The molecule has 1 aliphatic heterocycles. The first kappa shape index (κ1) is 17.3. The summed E-state index contributed by atoms with van der Waals surface area (Å²) in [4.78, 5) is 16.5. The zero-order valence-electron chi connectivity index (χ0n) is 14.0. The van der Waals surface area contributed by atoms with Gasteiger partial charge in [0.2, 0.25) is 0 Å². The largest absolute Gasteiger partial charge is 0.416 e. The second-order valence-electron chi connectivity index (χ2n) is 6.35. The van der Waals surface area contributed by atoms with Gasteiger partial charge in [0.25, 0.3) is 5.91 Å². The minimum absolute atomic E-state index is 0.0541. The number of alkyl halides is 3. The molecule has 1 heterocycles. The second kappa shape index (κ2) is 6.43. The van der Waals surface area contributed by atoms with E-state index in [1.807, 2.05) is 38.2 Å². The van der Waals surface area contributed by atoms with Crippen molar-refractivity contribution in [1.29, 1.82) is 0 Å². The van der Waals surface area contributed by atoms with Crippen LogP contribution in [0.15, 0.2) is 48.5 Å². The van der Waals surface area contributed by atoms with Crippen molar-refractivity contribution in [3.8, 4) is 0 Å². The SMILES string of the molecule is CC1CN(C(=O)c2cccc(C(F)(F)F)c2)Cc2ccccc2N1C. The molecule has 0 radical (unpaired) electrons. The molecule has 2 aromatic rings. The van der Waals surface area contributed by atoms with E-state index in [1.54, 1.807) is 4.90 Å². The van der Waals surface area contributed by atoms with Gasteiger partial charge in [-0.1, -0.05) is 24.3 Å². The van der Waals surface area contributed by atoms with E-state index in [1.165, 1.54) is 12.1 Å². The van der Waals surface area contributed by atoms with Crippen molar-refractivity contribution >= 4 is 11.6 Å². The Balaban J connectivity index is 1.93. The van der Waals surface area contributed by atoms with Crippen molar-refractivity contribution in [2.75, 3.05) is 18.5 Å². The molecular weight excluding hydrogens is 329 g/mol. The van der Waals surface area contributed by atoms with Gasteiger partial charge >= 0.3 is 6.18 Å². The molecule has 2 aromatic carbocycles. The number of carbonyl (C=O) groups excluding carboxylic acids is 1. The highest BCUT2D eigenvalue weighted by atomic mass is 19.4. The molecule has 1 unspecified atom stereocenters. The van der Waals surface area contributed by atoms with Gasteiger partial charge in [-0.25, -0.2) is 0 Å². The van der Waals surface area contributed by atoms with Crippen LogP contribution in [0.25, 0.3) is 0 Å². The summed E-state index contributed by atoms with van der Waals surface area (Å²) in [6.07, 6.45) is -4.46. The summed E-state index contributed by atoms with van der Waals surface area (Å²) in [6.45, 7) is 2.81. The maximum atomic E-state index is 12.9. The molecule has 0 spiro atoms. The minimum atomic E-state index is -4.46. The van der Waals surface area contributed by atoms with Crippen molar-refractivity contribution in [2.45, 2.75) is 25.7 Å². The molecule has 3 nitrogen and oxygen atoms in total. The Morgan fingerprint density at radius 1 is 1.12 bits per heavy atom. The molecule has 25 heavy (non-hydrogen) atoms. The number of likely N-dealkylation sites (N-methyl/N-ethyl adjacent to an activating group) is 1. The maximum Gasteiger partial charge on any atom is 0.416 e. The van der Waals surface area contributed by atoms with Crippen LogP contribution in [-0.4, -0.2) is 30.4 Å². The summed E-state index contributed by atoms with van der Waals surface area (Å²) < 4.78 is 38.8. The average Bonchev–Trinajstić information content (AvgIpc) is 2.71. The Labute approximate surface area is 144 Å². The van der Waals surface area contributed by atoms with Gasteiger partial charge in [0, 0.05) is 37.4 Å². The molecule has 0 aromatic heterocycles. The predicted octanol–water partition coefficient (Wildman–Crippen LogP) is 4.19. The van der Waals surface area contributed by atoms with Crippen molar-refractivity contribution < 1.29 is 18.0 Å². The second-order valence-corrected chi connectivity index (χ2v) is 6.35. The number of rotatable bonds is 1. The number of amides is 1. The Bertz CT molecular complexity index is 788. The van der Waals surface area contributed by atoms with Crippen LogP contribution in [0.3, 0.4) is 0 Å². The molecular formula is C19H19F3N2O. The van der Waals surface area contributed by atoms with Gasteiger partial charge in [-0.3, -0.25) is 4.79 Å². The lowest BCUT2D eigenvalue weighted by Gasteiger charge is -2.28. The molecule has 0 saturated heterocycles. The van der Waals surface area contributed by atoms with E-state index < -0.39 is 11.7 Å². The van der Waals surface area contributed by atoms with Gasteiger partial charge < -0.3 is 9.80 Å². The molecule has 0 bridgehead atoms. The smallest absolute Gasteiger partial charge is 0.370 e. The zero-order valence-corrected chi connectivity index (χ0v) is 14.0. The van der Waals surface area contributed by atoms with E-state index in [-0.39, 0.29) is 17.5 Å². The molecule has 132 valence electrons. The van der Waals surface area contributed by atoms with Crippen molar-refractivity contribution in [3.05, 3.63) is 65.2 Å². The lowest BCUT2D eigenvalue weighted by atomic mass is 10.1. The van der Waals surface area contributed by atoms with Crippen LogP contribution in [0.2, 0.25) is 0 Å². The third kappa shape index (κ3) is 3.48. The number of nitrogens with zero attached hydrogens (tertiary/aromatic N) is 2. The van der Waals surface area contributed by atoms with Crippen LogP contribution in [-0.2, 0) is 12.7 Å². The highest BCUT2D eigenvalue weighted by Gasteiger charge is 2.32. The number of benzene rings is 2. The normalized spacial score (nSPS) is 17.9. The third-order valence-corrected chi connectivity index (χ3v) is 4.60. The Morgan fingerprint density at radius 3 is 2.56 bits per heavy atom. The topological polar surface area (TPSA) is 23.6 Å². The number of halogens is 3. The number of hydrogen-bond donors (Lipinski definition) is 0. The van der Waals surface area contributed by atoms with E-state index >= 15 is 0 Å². The minimum Gasteiger partial charge on any atom is -0.370 e. The van der Waals surface area contributed by atoms with Crippen LogP contribution in [0.1, 0.15) is 28.4 Å². The van der Waals surface area contributed by atoms with Crippen LogP contribution >= 0.6 is 0 Å². The zero-order chi connectivity index (χ0) is 18.2. The number of anilines is 1. The molecule has 3 rings (SSSR count). The number of carbonyl (C=O) groups is 1. The molecule has 1 atom stereocenters. The van der Waals surface area contributed by atoms with E-state index in [0.29, 0.717) is 13.1 Å². The summed E-state index contributed by atoms with van der Waals surface area (Å²) in [7, 11) is 1.96. The van der Waals surface area contributed by atoms with Crippen LogP contribution < -0.4 is 4.90 Å². The molecule has 1 amide bonds. The summed E-state index contributed by atoms with van der Waals surface area (Å²) >= 11 is 0. The van der Waals surface area contributed by atoms with E-state index in [4.69, 9.17) is 0 Å². The average molecular weight is 348 g/mol. The maximum absolute atomic E-state index is 12.9. The quantitative estimate of drug-likeness (QED) is 0.772. The van der Waals surface area contributed by atoms with E-state index in [0.717, 1.165) is 23.4 Å². The molecule has 0 aliphatic carbocycles. The van der Waals surface area contributed by atoms with Gasteiger partial charge in [0.15, 0.2) is 0 Å². The Hall–Kier alpha value is -2.50. The van der Waals surface area contributed by atoms with Crippen LogP contribution in [0.4, 0.5) is 18.9 Å². The highest BCUT2D eigenvalue weighted by Crippen LogP contribution is 2.31. The van der Waals surface area contributed by atoms with Gasteiger partial charge in [-0.15, -0.1) is 0 Å². The van der Waals surface area contributed by atoms with Crippen molar-refractivity contribution in [2.24, 2.45) is 0 Å². The number of hydrogen-bond acceptors (Lipinski definition) is 2. The summed E-state index contributed by atoms with van der Waals surface area (Å²) in [6, 6.07) is 12.4. The summed E-state index contributed by atoms with van der Waals surface area (Å²) in [5, 5.41) is 0. The van der Waals surface area contributed by atoms with Crippen LogP contribution in [0.5, 0.6) is 0 Å². The molecule has 6 heteroatoms. The Kier molecular flexibility index (Phi) is 4.45. The fourth-order valence-electron chi connectivity index (χ4n) is 3.10. The van der Waals surface area contributed by atoms with Crippen LogP contribution in [0, 0.1) is 0 Å². The molecule has 0 fully saturated rings.